The van der Waals surface area contributed by atoms with Gasteiger partial charge in [-0.3, -0.25) is 0 Å². The molecule has 1 aliphatic rings. The molecule has 0 bridgehead atoms. The fraction of sp³-hybridized carbons (Fsp3) is 0.818. The third-order valence-electron chi connectivity index (χ3n) is 2.88. The van der Waals surface area contributed by atoms with Gasteiger partial charge in [-0.15, -0.1) is 6.58 Å². The Labute approximate surface area is 80.3 Å². The molecule has 0 spiro atoms. The molecule has 0 aromatic heterocycles. The van der Waals surface area contributed by atoms with E-state index in [-0.39, 0.29) is 12.0 Å². The predicted octanol–water partition coefficient (Wildman–Crippen LogP) is 1.72. The maximum Gasteiger partial charge on any atom is 0.0595 e. The number of hydrogen-bond donors (Lipinski definition) is 2. The van der Waals surface area contributed by atoms with E-state index < -0.39 is 5.60 Å². The van der Waals surface area contributed by atoms with Gasteiger partial charge < -0.3 is 10.2 Å². The van der Waals surface area contributed by atoms with E-state index >= 15 is 0 Å². The molecule has 0 radical (unpaired) electrons. The Balaban J connectivity index is 2.59. The summed E-state index contributed by atoms with van der Waals surface area (Å²) < 4.78 is 0. The molecule has 13 heavy (non-hydrogen) atoms. The Kier molecular flexibility index (Phi) is 3.14. The van der Waals surface area contributed by atoms with Gasteiger partial charge in [0.1, 0.15) is 0 Å². The second-order valence-corrected chi connectivity index (χ2v) is 4.72. The Morgan fingerprint density at radius 1 is 1.46 bits per heavy atom. The lowest BCUT2D eigenvalue weighted by molar-refractivity contribution is 0.0178. The van der Waals surface area contributed by atoms with Crippen LogP contribution >= 0.6 is 0 Å². The van der Waals surface area contributed by atoms with Crippen LogP contribution in [-0.2, 0) is 0 Å². The molecule has 2 N–H and O–H groups in total. The van der Waals surface area contributed by atoms with Gasteiger partial charge in [-0.25, -0.2) is 0 Å². The van der Waals surface area contributed by atoms with Crippen LogP contribution in [0.3, 0.4) is 0 Å². The van der Waals surface area contributed by atoms with Gasteiger partial charge in [-0.1, -0.05) is 6.08 Å². The second-order valence-electron chi connectivity index (χ2n) is 4.72. The topological polar surface area (TPSA) is 40.5 Å². The average molecular weight is 184 g/mol. The van der Waals surface area contributed by atoms with E-state index in [1.165, 1.54) is 0 Å². The lowest BCUT2D eigenvalue weighted by Crippen LogP contribution is -2.29. The Morgan fingerprint density at radius 2 is 2.08 bits per heavy atom. The molecule has 0 aliphatic heterocycles. The minimum absolute atomic E-state index is 0.192. The summed E-state index contributed by atoms with van der Waals surface area (Å²) in [7, 11) is 0. The van der Waals surface area contributed by atoms with E-state index in [1.54, 1.807) is 13.8 Å². The van der Waals surface area contributed by atoms with Crippen LogP contribution in [-0.4, -0.2) is 21.9 Å². The molecule has 76 valence electrons. The summed E-state index contributed by atoms with van der Waals surface area (Å²) in [5, 5.41) is 19.4. The van der Waals surface area contributed by atoms with Crippen LogP contribution in [0.4, 0.5) is 0 Å². The summed E-state index contributed by atoms with van der Waals surface area (Å²) in [6.45, 7) is 7.34. The van der Waals surface area contributed by atoms with Crippen molar-refractivity contribution in [3.05, 3.63) is 12.7 Å². The molecule has 0 amide bonds. The van der Waals surface area contributed by atoms with Crippen LogP contribution in [0.5, 0.6) is 0 Å². The van der Waals surface area contributed by atoms with E-state index in [1.807, 2.05) is 6.08 Å². The van der Waals surface area contributed by atoms with Crippen LogP contribution in [0, 0.1) is 11.8 Å². The quantitative estimate of drug-likeness (QED) is 0.656. The van der Waals surface area contributed by atoms with Crippen molar-refractivity contribution >= 4 is 0 Å². The third-order valence-corrected chi connectivity index (χ3v) is 2.88. The monoisotopic (exact) mass is 184 g/mol. The molecule has 0 heterocycles. The zero-order chi connectivity index (χ0) is 10.1. The zero-order valence-electron chi connectivity index (χ0n) is 8.53. The first-order valence-electron chi connectivity index (χ1n) is 4.97. The van der Waals surface area contributed by atoms with E-state index in [2.05, 4.69) is 6.58 Å². The largest absolute Gasteiger partial charge is 0.393 e. The van der Waals surface area contributed by atoms with Gasteiger partial charge in [-0.05, 0) is 44.9 Å². The maximum atomic E-state index is 9.69. The maximum absolute atomic E-state index is 9.69. The Bertz CT molecular complexity index is 181. The van der Waals surface area contributed by atoms with Crippen LogP contribution in [0.2, 0.25) is 0 Å². The Hall–Kier alpha value is -0.340. The van der Waals surface area contributed by atoms with Crippen molar-refractivity contribution in [2.75, 3.05) is 0 Å². The highest BCUT2D eigenvalue weighted by Gasteiger charge is 2.36. The van der Waals surface area contributed by atoms with Crippen molar-refractivity contribution in [3.8, 4) is 0 Å². The summed E-state index contributed by atoms with van der Waals surface area (Å²) in [5.41, 5.74) is -0.683. The summed E-state index contributed by atoms with van der Waals surface area (Å²) in [6.07, 6.45) is 4.16. The summed E-state index contributed by atoms with van der Waals surface area (Å²) >= 11 is 0. The SMILES string of the molecule is C=C[C@@H]1CC[C@H](O)[C@@H]1CC(C)(C)O. The molecule has 0 unspecified atom stereocenters. The van der Waals surface area contributed by atoms with E-state index in [4.69, 9.17) is 0 Å². The van der Waals surface area contributed by atoms with Crippen molar-refractivity contribution in [2.24, 2.45) is 11.8 Å². The number of allylic oxidation sites excluding steroid dienone is 1. The van der Waals surface area contributed by atoms with Gasteiger partial charge in [0.2, 0.25) is 0 Å². The number of hydrogen-bond acceptors (Lipinski definition) is 2. The molecule has 3 atom stereocenters. The van der Waals surface area contributed by atoms with E-state index in [0.29, 0.717) is 12.3 Å². The number of aliphatic hydroxyl groups is 2. The molecule has 1 aliphatic carbocycles. The van der Waals surface area contributed by atoms with Gasteiger partial charge >= 0.3 is 0 Å². The molecule has 1 saturated carbocycles. The minimum atomic E-state index is -0.683. The van der Waals surface area contributed by atoms with E-state index in [0.717, 1.165) is 12.8 Å². The van der Waals surface area contributed by atoms with Gasteiger partial charge in [0.15, 0.2) is 0 Å². The molecule has 1 rings (SSSR count). The zero-order valence-corrected chi connectivity index (χ0v) is 8.53. The normalized spacial score (nSPS) is 34.9. The molecular weight excluding hydrogens is 164 g/mol. The second kappa shape index (κ2) is 3.81. The van der Waals surface area contributed by atoms with Gasteiger partial charge in [0.25, 0.3) is 0 Å². The lowest BCUT2D eigenvalue weighted by Gasteiger charge is -2.27. The van der Waals surface area contributed by atoms with Crippen LogP contribution in [0.1, 0.15) is 33.1 Å². The van der Waals surface area contributed by atoms with Crippen LogP contribution < -0.4 is 0 Å². The highest BCUT2D eigenvalue weighted by molar-refractivity contribution is 4.95. The summed E-state index contributed by atoms with van der Waals surface area (Å²) in [6, 6.07) is 0. The first-order valence-corrected chi connectivity index (χ1v) is 4.97. The molecular formula is C11H20O2. The standard InChI is InChI=1S/C11H20O2/c1-4-8-5-6-10(12)9(8)7-11(2,3)13/h4,8-10,12-13H,1,5-7H2,2-3H3/t8-,9-,10+/m1/s1. The highest BCUT2D eigenvalue weighted by atomic mass is 16.3. The molecule has 0 aromatic carbocycles. The third kappa shape index (κ3) is 2.82. The van der Waals surface area contributed by atoms with Crippen molar-refractivity contribution in [1.29, 1.82) is 0 Å². The van der Waals surface area contributed by atoms with Crippen molar-refractivity contribution in [2.45, 2.75) is 44.8 Å². The molecule has 2 nitrogen and oxygen atoms in total. The summed E-state index contributed by atoms with van der Waals surface area (Å²) in [4.78, 5) is 0. The number of rotatable bonds is 3. The first kappa shape index (κ1) is 10.7. The fourth-order valence-corrected chi connectivity index (χ4v) is 2.23. The predicted molar refractivity (Wildman–Crippen MR) is 53.3 cm³/mol. The molecule has 2 heteroatoms. The smallest absolute Gasteiger partial charge is 0.0595 e. The van der Waals surface area contributed by atoms with Gasteiger partial charge in [0.05, 0.1) is 11.7 Å². The van der Waals surface area contributed by atoms with Crippen LogP contribution in [0.15, 0.2) is 12.7 Å². The van der Waals surface area contributed by atoms with Gasteiger partial charge in [0, 0.05) is 0 Å². The number of aliphatic hydroxyl groups excluding tert-OH is 1. The molecule has 0 saturated heterocycles. The minimum Gasteiger partial charge on any atom is -0.393 e. The van der Waals surface area contributed by atoms with Crippen LogP contribution in [0.25, 0.3) is 0 Å². The van der Waals surface area contributed by atoms with Gasteiger partial charge in [-0.2, -0.15) is 0 Å². The highest BCUT2D eigenvalue weighted by Crippen LogP contribution is 2.37. The van der Waals surface area contributed by atoms with Crippen molar-refractivity contribution < 1.29 is 10.2 Å². The van der Waals surface area contributed by atoms with Crippen molar-refractivity contribution in [1.82, 2.24) is 0 Å². The average Bonchev–Trinajstić information content (AvgIpc) is 2.30. The Morgan fingerprint density at radius 3 is 2.54 bits per heavy atom. The molecule has 1 fully saturated rings. The lowest BCUT2D eigenvalue weighted by atomic mass is 9.85. The molecule has 0 aromatic rings. The van der Waals surface area contributed by atoms with Crippen molar-refractivity contribution in [3.63, 3.8) is 0 Å². The summed E-state index contributed by atoms with van der Waals surface area (Å²) in [5.74, 6) is 0.568. The first-order chi connectivity index (χ1) is 5.94. The fourth-order valence-electron chi connectivity index (χ4n) is 2.23. The van der Waals surface area contributed by atoms with E-state index in [9.17, 15) is 10.2 Å².